The first kappa shape index (κ1) is 14.3. The molecule has 112 valence electrons. The van der Waals surface area contributed by atoms with Gasteiger partial charge in [0.2, 0.25) is 0 Å². The van der Waals surface area contributed by atoms with Gasteiger partial charge in [-0.25, -0.2) is 4.39 Å². The highest BCUT2D eigenvalue weighted by Gasteiger charge is 2.14. The van der Waals surface area contributed by atoms with Crippen LogP contribution in [0.1, 0.15) is 25.3 Å². The molecule has 0 bridgehead atoms. The quantitative estimate of drug-likeness (QED) is 0.728. The van der Waals surface area contributed by atoms with Gasteiger partial charge >= 0.3 is 0 Å². The molecule has 0 atom stereocenters. The van der Waals surface area contributed by atoms with Gasteiger partial charge in [-0.15, -0.1) is 0 Å². The lowest BCUT2D eigenvalue weighted by Gasteiger charge is -2.13. The van der Waals surface area contributed by atoms with Crippen molar-refractivity contribution in [3.63, 3.8) is 0 Å². The van der Waals surface area contributed by atoms with Crippen molar-refractivity contribution >= 4 is 10.9 Å². The normalized spacial score (nSPS) is 11.3. The fraction of sp³-hybridized carbons (Fsp3) is 0.167. The first-order chi connectivity index (χ1) is 10.5. The molecule has 3 rings (SSSR count). The first-order valence-corrected chi connectivity index (χ1v) is 7.08. The van der Waals surface area contributed by atoms with Gasteiger partial charge < -0.3 is 10.2 Å². The summed E-state index contributed by atoms with van der Waals surface area (Å²) in [5.41, 5.74) is 2.42. The molecule has 0 spiro atoms. The summed E-state index contributed by atoms with van der Waals surface area (Å²) >= 11 is 0. The largest absolute Gasteiger partial charge is 0.507 e. The van der Waals surface area contributed by atoms with E-state index in [1.54, 1.807) is 30.3 Å². The number of fused-ring (bicyclic) bond motifs is 1. The molecule has 0 saturated heterocycles. The Balaban J connectivity index is 2.17. The summed E-state index contributed by atoms with van der Waals surface area (Å²) in [5, 5.41) is 20.7. The molecule has 0 amide bonds. The lowest BCUT2D eigenvalue weighted by atomic mass is 9.95. The first-order valence-electron chi connectivity index (χ1n) is 7.08. The number of halogens is 1. The van der Waals surface area contributed by atoms with E-state index in [2.05, 4.69) is 4.98 Å². The molecule has 0 aliphatic carbocycles. The molecule has 0 radical (unpaired) electrons. The SMILES string of the molecule is CC(C)c1c(O)cc(-c2ccc3nccc(F)c3c2)cc1O. The molecular formula is C18H16FNO2. The number of phenols is 2. The Labute approximate surface area is 127 Å². The maximum atomic E-state index is 13.9. The van der Waals surface area contributed by atoms with Crippen molar-refractivity contribution in [2.24, 2.45) is 0 Å². The van der Waals surface area contributed by atoms with Crippen LogP contribution < -0.4 is 0 Å². The average molecular weight is 297 g/mol. The molecule has 0 fully saturated rings. The minimum Gasteiger partial charge on any atom is -0.507 e. The molecule has 0 unspecified atom stereocenters. The number of aromatic nitrogens is 1. The highest BCUT2D eigenvalue weighted by Crippen LogP contribution is 2.38. The van der Waals surface area contributed by atoms with E-state index >= 15 is 0 Å². The van der Waals surface area contributed by atoms with Crippen molar-refractivity contribution in [1.82, 2.24) is 4.98 Å². The van der Waals surface area contributed by atoms with E-state index < -0.39 is 0 Å². The smallest absolute Gasteiger partial charge is 0.134 e. The van der Waals surface area contributed by atoms with Gasteiger partial charge in [-0.05, 0) is 47.4 Å². The zero-order chi connectivity index (χ0) is 15.9. The Morgan fingerprint density at radius 2 is 1.64 bits per heavy atom. The summed E-state index contributed by atoms with van der Waals surface area (Å²) in [5.74, 6) is -0.264. The number of benzene rings is 2. The monoisotopic (exact) mass is 297 g/mol. The average Bonchev–Trinajstić information content (AvgIpc) is 2.46. The van der Waals surface area contributed by atoms with E-state index in [1.807, 2.05) is 13.8 Å². The Hall–Kier alpha value is -2.62. The Bertz CT molecular complexity index is 836. The Morgan fingerprint density at radius 3 is 2.27 bits per heavy atom. The third-order valence-electron chi connectivity index (χ3n) is 3.74. The van der Waals surface area contributed by atoms with Gasteiger partial charge in [0.1, 0.15) is 17.3 Å². The molecular weight excluding hydrogens is 281 g/mol. The number of hydrogen-bond donors (Lipinski definition) is 2. The molecule has 0 aliphatic heterocycles. The number of phenolic OH excluding ortho intramolecular Hbond substituents is 2. The lowest BCUT2D eigenvalue weighted by molar-refractivity contribution is 0.434. The number of pyridine rings is 1. The minimum absolute atomic E-state index is 0.00676. The number of hydrogen-bond acceptors (Lipinski definition) is 3. The standard InChI is InChI=1S/C18H16FNO2/c1-10(2)18-16(21)8-12(9-17(18)22)11-3-4-15-13(7-11)14(19)5-6-20-15/h3-10,21-22H,1-2H3. The zero-order valence-electron chi connectivity index (χ0n) is 12.3. The summed E-state index contributed by atoms with van der Waals surface area (Å²) in [6.45, 7) is 3.79. The number of nitrogens with zero attached hydrogens (tertiary/aromatic N) is 1. The van der Waals surface area contributed by atoms with Crippen LogP contribution in [0.3, 0.4) is 0 Å². The molecule has 1 aromatic heterocycles. The van der Waals surface area contributed by atoms with Gasteiger partial charge in [-0.3, -0.25) is 4.98 Å². The van der Waals surface area contributed by atoms with Crippen molar-refractivity contribution < 1.29 is 14.6 Å². The van der Waals surface area contributed by atoms with Crippen molar-refractivity contribution in [2.75, 3.05) is 0 Å². The Morgan fingerprint density at radius 1 is 0.955 bits per heavy atom. The summed E-state index contributed by atoms with van der Waals surface area (Å²) in [6.07, 6.45) is 1.42. The summed E-state index contributed by atoms with van der Waals surface area (Å²) in [7, 11) is 0. The van der Waals surface area contributed by atoms with Crippen LogP contribution in [0, 0.1) is 5.82 Å². The van der Waals surface area contributed by atoms with Crippen LogP contribution in [0.4, 0.5) is 4.39 Å². The third kappa shape index (κ3) is 2.37. The second kappa shape index (κ2) is 5.30. The topological polar surface area (TPSA) is 53.4 Å². The van der Waals surface area contributed by atoms with Crippen LogP contribution in [-0.2, 0) is 0 Å². The summed E-state index contributed by atoms with van der Waals surface area (Å²) in [4.78, 5) is 4.11. The van der Waals surface area contributed by atoms with Gasteiger partial charge in [0.25, 0.3) is 0 Å². The van der Waals surface area contributed by atoms with Gasteiger partial charge in [0, 0.05) is 17.1 Å². The predicted molar refractivity (Wildman–Crippen MR) is 84.6 cm³/mol. The van der Waals surface area contributed by atoms with Crippen LogP contribution in [-0.4, -0.2) is 15.2 Å². The Kier molecular flexibility index (Phi) is 3.45. The molecule has 3 nitrogen and oxygen atoms in total. The van der Waals surface area contributed by atoms with Crippen molar-refractivity contribution in [3.05, 3.63) is 54.0 Å². The molecule has 1 heterocycles. The van der Waals surface area contributed by atoms with Crippen LogP contribution in [0.2, 0.25) is 0 Å². The van der Waals surface area contributed by atoms with Crippen molar-refractivity contribution in [1.29, 1.82) is 0 Å². The van der Waals surface area contributed by atoms with E-state index in [9.17, 15) is 14.6 Å². The second-order valence-electron chi connectivity index (χ2n) is 5.61. The van der Waals surface area contributed by atoms with Gasteiger partial charge in [-0.1, -0.05) is 19.9 Å². The van der Waals surface area contributed by atoms with Crippen LogP contribution in [0.5, 0.6) is 11.5 Å². The number of rotatable bonds is 2. The predicted octanol–water partition coefficient (Wildman–Crippen LogP) is 4.58. The van der Waals surface area contributed by atoms with Gasteiger partial charge in [0.05, 0.1) is 5.52 Å². The third-order valence-corrected chi connectivity index (χ3v) is 3.74. The number of aromatic hydroxyl groups is 2. The van der Waals surface area contributed by atoms with E-state index in [0.717, 1.165) is 0 Å². The van der Waals surface area contributed by atoms with Crippen LogP contribution in [0.15, 0.2) is 42.6 Å². The van der Waals surface area contributed by atoms with Crippen LogP contribution >= 0.6 is 0 Å². The van der Waals surface area contributed by atoms with E-state index in [0.29, 0.717) is 27.6 Å². The molecule has 0 saturated carbocycles. The fourth-order valence-corrected chi connectivity index (χ4v) is 2.67. The van der Waals surface area contributed by atoms with Crippen molar-refractivity contribution in [3.8, 4) is 22.6 Å². The van der Waals surface area contributed by atoms with Gasteiger partial charge in [-0.2, -0.15) is 0 Å². The maximum Gasteiger partial charge on any atom is 0.134 e. The van der Waals surface area contributed by atoms with Crippen molar-refractivity contribution in [2.45, 2.75) is 19.8 Å². The maximum absolute atomic E-state index is 13.9. The van der Waals surface area contributed by atoms with E-state index in [1.165, 1.54) is 12.3 Å². The fourth-order valence-electron chi connectivity index (χ4n) is 2.67. The molecule has 4 heteroatoms. The van der Waals surface area contributed by atoms with E-state index in [-0.39, 0.29) is 23.2 Å². The van der Waals surface area contributed by atoms with Crippen LogP contribution in [0.25, 0.3) is 22.0 Å². The molecule has 22 heavy (non-hydrogen) atoms. The molecule has 0 aliphatic rings. The molecule has 2 N–H and O–H groups in total. The highest BCUT2D eigenvalue weighted by atomic mass is 19.1. The lowest BCUT2D eigenvalue weighted by Crippen LogP contribution is -1.91. The molecule has 3 aromatic rings. The molecule has 2 aromatic carbocycles. The summed E-state index contributed by atoms with van der Waals surface area (Å²) in [6, 6.07) is 9.66. The summed E-state index contributed by atoms with van der Waals surface area (Å²) < 4.78 is 13.9. The second-order valence-corrected chi connectivity index (χ2v) is 5.61. The van der Waals surface area contributed by atoms with Gasteiger partial charge in [0.15, 0.2) is 0 Å². The zero-order valence-corrected chi connectivity index (χ0v) is 12.3. The van der Waals surface area contributed by atoms with E-state index in [4.69, 9.17) is 0 Å². The highest BCUT2D eigenvalue weighted by molar-refractivity contribution is 5.85. The minimum atomic E-state index is -0.348.